The fourth-order valence-electron chi connectivity index (χ4n) is 1.63. The van der Waals surface area contributed by atoms with Crippen LogP contribution in [0.25, 0.3) is 0 Å². The van der Waals surface area contributed by atoms with Gasteiger partial charge in [0.15, 0.2) is 0 Å². The van der Waals surface area contributed by atoms with Gasteiger partial charge in [0.25, 0.3) is 0 Å². The van der Waals surface area contributed by atoms with Crippen molar-refractivity contribution < 1.29 is 0 Å². The normalized spacial score (nSPS) is 13.3. The number of hydrogen-bond donors (Lipinski definition) is 0. The van der Waals surface area contributed by atoms with Gasteiger partial charge >= 0.3 is 0 Å². The highest BCUT2D eigenvalue weighted by molar-refractivity contribution is 6.61. The number of allylic oxidation sites excluding steroid dienone is 4. The molecule has 0 aromatic rings. The summed E-state index contributed by atoms with van der Waals surface area (Å²) in [5.74, 6) is 0. The van der Waals surface area contributed by atoms with E-state index in [-0.39, 0.29) is 0 Å². The van der Waals surface area contributed by atoms with Crippen molar-refractivity contribution in [3.8, 4) is 0 Å². The molecule has 6 radical (unpaired) electrons. The largest absolute Gasteiger partial charge is 0.106 e. The second-order valence-corrected chi connectivity index (χ2v) is 4.28. The Morgan fingerprint density at radius 3 is 1.93 bits per heavy atom. The zero-order valence-electron chi connectivity index (χ0n) is 10.4. The van der Waals surface area contributed by atoms with Gasteiger partial charge in [0.1, 0.15) is 0 Å². The summed E-state index contributed by atoms with van der Waals surface area (Å²) in [4.78, 5) is 0. The van der Waals surface area contributed by atoms with Crippen molar-refractivity contribution in [3.63, 3.8) is 0 Å². The molecule has 0 aromatic heterocycles. The molecule has 0 saturated heterocycles. The van der Waals surface area contributed by atoms with Crippen molar-refractivity contribution in [3.05, 3.63) is 22.8 Å². The lowest BCUT2D eigenvalue weighted by molar-refractivity contribution is 0.840. The van der Waals surface area contributed by atoms with Crippen LogP contribution in [0.1, 0.15) is 47.0 Å². The van der Waals surface area contributed by atoms with Crippen molar-refractivity contribution in [2.45, 2.75) is 52.1 Å². The predicted molar refractivity (Wildman–Crippen MR) is 71.6 cm³/mol. The highest BCUT2D eigenvalue weighted by Crippen LogP contribution is 2.31. The standard InChI is InChI=1S/C12H19B3/c1-5-7-10(6-2)11(8-9(3)4)12(13,14)15/h8H,5-7H2,1-4H3/b11-10-. The average Bonchev–Trinajstić information content (AvgIpc) is 2.09. The maximum atomic E-state index is 5.79. The Hall–Kier alpha value is -0.325. The Labute approximate surface area is 98.8 Å². The summed E-state index contributed by atoms with van der Waals surface area (Å²) >= 11 is 0. The SMILES string of the molecule is [B]C([B])([B])/C(C=C(C)C)=C(/CC)CCC. The fourth-order valence-corrected chi connectivity index (χ4v) is 1.63. The monoisotopic (exact) mass is 196 g/mol. The van der Waals surface area contributed by atoms with Crippen molar-refractivity contribution in [1.29, 1.82) is 0 Å². The molecule has 0 spiro atoms. The van der Waals surface area contributed by atoms with Gasteiger partial charge < -0.3 is 0 Å². The summed E-state index contributed by atoms with van der Waals surface area (Å²) in [5, 5.41) is -1.22. The van der Waals surface area contributed by atoms with Crippen LogP contribution >= 0.6 is 0 Å². The van der Waals surface area contributed by atoms with Crippen molar-refractivity contribution >= 4 is 23.5 Å². The molecule has 0 aliphatic carbocycles. The average molecular weight is 196 g/mol. The van der Waals surface area contributed by atoms with E-state index in [2.05, 4.69) is 13.8 Å². The molecule has 0 bridgehead atoms. The lowest BCUT2D eigenvalue weighted by Crippen LogP contribution is -2.17. The van der Waals surface area contributed by atoms with Gasteiger partial charge in [-0.3, -0.25) is 0 Å². The van der Waals surface area contributed by atoms with E-state index >= 15 is 0 Å². The molecule has 0 atom stereocenters. The molecular formula is C12H19B3. The van der Waals surface area contributed by atoms with Crippen LogP contribution in [0, 0.1) is 0 Å². The van der Waals surface area contributed by atoms with Gasteiger partial charge in [-0.05, 0) is 26.7 Å². The number of hydrogen-bond acceptors (Lipinski definition) is 0. The molecule has 0 fully saturated rings. The van der Waals surface area contributed by atoms with E-state index in [9.17, 15) is 0 Å². The van der Waals surface area contributed by atoms with Crippen molar-refractivity contribution in [2.75, 3.05) is 0 Å². The van der Waals surface area contributed by atoms with Crippen LogP contribution in [0.4, 0.5) is 0 Å². The molecule has 0 heterocycles. The Balaban J connectivity index is 5.31. The summed E-state index contributed by atoms with van der Waals surface area (Å²) in [6, 6.07) is 0. The molecule has 0 aliphatic heterocycles. The van der Waals surface area contributed by atoms with E-state index in [4.69, 9.17) is 23.5 Å². The molecule has 15 heavy (non-hydrogen) atoms. The maximum Gasteiger partial charge on any atom is 0.0563 e. The molecule has 0 saturated carbocycles. The van der Waals surface area contributed by atoms with Crippen LogP contribution in [0.3, 0.4) is 0 Å². The molecule has 0 amide bonds. The molecule has 0 rings (SSSR count). The van der Waals surface area contributed by atoms with Gasteiger partial charge in [0.2, 0.25) is 0 Å². The highest BCUT2D eigenvalue weighted by Gasteiger charge is 2.16. The summed E-state index contributed by atoms with van der Waals surface area (Å²) in [6.07, 6.45) is 5.02. The van der Waals surface area contributed by atoms with Crippen molar-refractivity contribution in [1.82, 2.24) is 0 Å². The van der Waals surface area contributed by atoms with Crippen molar-refractivity contribution in [2.24, 2.45) is 0 Å². The van der Waals surface area contributed by atoms with Gasteiger partial charge in [-0.1, -0.05) is 43.1 Å². The molecule has 3 heteroatoms. The first kappa shape index (κ1) is 14.7. The second-order valence-electron chi connectivity index (χ2n) is 4.28. The van der Waals surface area contributed by atoms with Crippen LogP contribution in [-0.4, -0.2) is 23.5 Å². The molecule has 0 unspecified atom stereocenters. The van der Waals surface area contributed by atoms with Crippen LogP contribution in [-0.2, 0) is 0 Å². The minimum Gasteiger partial charge on any atom is -0.106 e. The Kier molecular flexibility index (Phi) is 6.16. The Bertz CT molecular complexity index is 253. The smallest absolute Gasteiger partial charge is 0.0563 e. The lowest BCUT2D eigenvalue weighted by atomic mass is 9.39. The third-order valence-corrected chi connectivity index (χ3v) is 2.26. The highest BCUT2D eigenvalue weighted by atomic mass is 14.1. The Morgan fingerprint density at radius 1 is 1.13 bits per heavy atom. The topological polar surface area (TPSA) is 0 Å². The lowest BCUT2D eigenvalue weighted by Gasteiger charge is -2.26. The molecular weight excluding hydrogens is 177 g/mol. The molecule has 0 N–H and O–H groups in total. The first-order valence-corrected chi connectivity index (χ1v) is 5.56. The third-order valence-electron chi connectivity index (χ3n) is 2.26. The van der Waals surface area contributed by atoms with E-state index in [0.29, 0.717) is 0 Å². The zero-order chi connectivity index (χ0) is 12.1. The van der Waals surface area contributed by atoms with E-state index < -0.39 is 5.11 Å². The van der Waals surface area contributed by atoms with E-state index in [1.807, 2.05) is 19.9 Å². The summed E-state index contributed by atoms with van der Waals surface area (Å²) in [5.41, 5.74) is 3.30. The van der Waals surface area contributed by atoms with E-state index in [0.717, 1.165) is 30.4 Å². The van der Waals surface area contributed by atoms with Gasteiger partial charge in [-0.15, -0.1) is 5.11 Å². The summed E-state index contributed by atoms with van der Waals surface area (Å²) < 4.78 is 0. The van der Waals surface area contributed by atoms with Gasteiger partial charge in [-0.25, -0.2) is 0 Å². The molecule has 0 nitrogen and oxygen atoms in total. The van der Waals surface area contributed by atoms with Gasteiger partial charge in [-0.2, -0.15) is 0 Å². The van der Waals surface area contributed by atoms with Crippen LogP contribution in [0.15, 0.2) is 22.8 Å². The van der Waals surface area contributed by atoms with Gasteiger partial charge in [0, 0.05) is 0 Å². The maximum absolute atomic E-state index is 5.79. The Morgan fingerprint density at radius 2 is 1.67 bits per heavy atom. The van der Waals surface area contributed by atoms with Crippen LogP contribution < -0.4 is 0 Å². The fraction of sp³-hybridized carbons (Fsp3) is 0.667. The first-order valence-electron chi connectivity index (χ1n) is 5.56. The van der Waals surface area contributed by atoms with E-state index in [1.165, 1.54) is 5.57 Å². The third kappa shape index (κ3) is 5.34. The molecule has 76 valence electrons. The second kappa shape index (κ2) is 6.30. The quantitative estimate of drug-likeness (QED) is 0.467. The molecule has 0 aliphatic rings. The van der Waals surface area contributed by atoms with E-state index in [1.54, 1.807) is 0 Å². The number of rotatable bonds is 5. The summed E-state index contributed by atoms with van der Waals surface area (Å²) in [6.45, 7) is 8.28. The zero-order valence-corrected chi connectivity index (χ0v) is 10.4. The predicted octanol–water partition coefficient (Wildman–Crippen LogP) is 3.04. The van der Waals surface area contributed by atoms with Crippen LogP contribution in [0.2, 0.25) is 5.11 Å². The minimum atomic E-state index is -1.22. The first-order chi connectivity index (χ1) is 6.82. The molecule has 0 aromatic carbocycles. The van der Waals surface area contributed by atoms with Gasteiger partial charge in [0.05, 0.1) is 23.5 Å². The minimum absolute atomic E-state index is 0.881. The summed E-state index contributed by atoms with van der Waals surface area (Å²) in [7, 11) is 17.4. The van der Waals surface area contributed by atoms with Crippen LogP contribution in [0.5, 0.6) is 0 Å².